The topological polar surface area (TPSA) is 98.1 Å². The number of carbonyl (C=O) groups is 1. The van der Waals surface area contributed by atoms with E-state index in [1.54, 1.807) is 6.92 Å². The first kappa shape index (κ1) is 20.2. The number of nitrogens with zero attached hydrogens (tertiary/aromatic N) is 1. The zero-order valence-electron chi connectivity index (χ0n) is 13.0. The largest absolute Gasteiger partial charge is 0.480 e. The van der Waals surface area contributed by atoms with Crippen LogP contribution in [0.2, 0.25) is 0 Å². The fourth-order valence-electron chi connectivity index (χ4n) is 1.98. The fraction of sp³-hybridized carbons (Fsp3) is 0.188. The van der Waals surface area contributed by atoms with Gasteiger partial charge in [-0.25, -0.2) is 9.36 Å². The Hall–Kier alpha value is -1.85. The van der Waals surface area contributed by atoms with Crippen molar-refractivity contribution in [2.24, 2.45) is 0 Å². The summed E-state index contributed by atoms with van der Waals surface area (Å²) in [6.07, 6.45) is 0. The van der Waals surface area contributed by atoms with E-state index < -0.39 is 19.0 Å². The number of anilines is 1. The molecule has 0 aliphatic carbocycles. The van der Waals surface area contributed by atoms with E-state index in [1.165, 1.54) is 0 Å². The predicted octanol–water partition coefficient (Wildman–Crippen LogP) is 3.48. The lowest BCUT2D eigenvalue weighted by molar-refractivity contribution is -0.138. The highest BCUT2D eigenvalue weighted by Crippen LogP contribution is 2.39. The Morgan fingerprint density at radius 1 is 1.08 bits per heavy atom. The Morgan fingerprint density at radius 2 is 1.50 bits per heavy atom. The van der Waals surface area contributed by atoms with Gasteiger partial charge in [0.2, 0.25) is 0 Å². The second kappa shape index (κ2) is 9.45. The predicted molar refractivity (Wildman–Crippen MR) is 94.1 cm³/mol. The minimum absolute atomic E-state index is 0.567. The normalized spacial score (nSPS) is 11.8. The van der Waals surface area contributed by atoms with Crippen molar-refractivity contribution in [2.45, 2.75) is 19.5 Å². The Morgan fingerprint density at radius 3 is 1.92 bits per heavy atom. The Bertz CT molecular complexity index is 669. The molecule has 2 rings (SSSR count). The number of aliphatic carboxylic acids is 1. The second-order valence-corrected chi connectivity index (χ2v) is 7.20. The van der Waals surface area contributed by atoms with Gasteiger partial charge in [0.25, 0.3) is 0 Å². The first-order chi connectivity index (χ1) is 11.2. The molecule has 0 spiro atoms. The van der Waals surface area contributed by atoms with Crippen molar-refractivity contribution in [2.75, 3.05) is 4.90 Å². The monoisotopic (exact) mass is 371 g/mol. The third kappa shape index (κ3) is 8.13. The fourth-order valence-corrected chi connectivity index (χ4v) is 1.98. The van der Waals surface area contributed by atoms with Crippen LogP contribution in [0.25, 0.3) is 0 Å². The summed E-state index contributed by atoms with van der Waals surface area (Å²) in [7, 11) is 0. The summed E-state index contributed by atoms with van der Waals surface area (Å²) >= 11 is 4.20. The van der Waals surface area contributed by atoms with E-state index in [9.17, 15) is 9.90 Å². The van der Waals surface area contributed by atoms with Crippen molar-refractivity contribution in [1.82, 2.24) is 0 Å². The first-order valence-electron chi connectivity index (χ1n) is 7.02. The summed E-state index contributed by atoms with van der Waals surface area (Å²) in [6, 6.07) is 19.0. The van der Waals surface area contributed by atoms with Gasteiger partial charge in [-0.05, 0) is 24.6 Å². The van der Waals surface area contributed by atoms with E-state index in [4.69, 9.17) is 14.4 Å². The lowest BCUT2D eigenvalue weighted by Crippen LogP contribution is -2.38. The van der Waals surface area contributed by atoms with E-state index >= 15 is 0 Å². The van der Waals surface area contributed by atoms with Crippen LogP contribution in [-0.2, 0) is 15.9 Å². The highest BCUT2D eigenvalue weighted by molar-refractivity contribution is 7.79. The highest BCUT2D eigenvalue weighted by atomic mass is 35.7. The van der Waals surface area contributed by atoms with E-state index in [-0.39, 0.29) is 0 Å². The van der Waals surface area contributed by atoms with Gasteiger partial charge in [-0.1, -0.05) is 48.5 Å². The van der Waals surface area contributed by atoms with E-state index in [0.29, 0.717) is 6.54 Å². The Balaban J connectivity index is 0.000000505. The average molecular weight is 372 g/mol. The quantitative estimate of drug-likeness (QED) is 0.696. The van der Waals surface area contributed by atoms with E-state index in [2.05, 4.69) is 11.2 Å². The molecular formula is C16H19ClNO5P. The van der Waals surface area contributed by atoms with Crippen molar-refractivity contribution in [3.05, 3.63) is 66.2 Å². The van der Waals surface area contributed by atoms with Crippen LogP contribution in [0.5, 0.6) is 0 Å². The third-order valence-electron chi connectivity index (χ3n) is 3.11. The van der Waals surface area contributed by atoms with Crippen LogP contribution in [0.4, 0.5) is 5.69 Å². The number of carboxylic acid groups (broad SMARTS) is 1. The lowest BCUT2D eigenvalue weighted by atomic mass is 10.1. The Labute approximate surface area is 145 Å². The Kier molecular flexibility index (Phi) is 7.95. The average Bonchev–Trinajstić information content (AvgIpc) is 2.52. The van der Waals surface area contributed by atoms with Crippen molar-refractivity contribution in [3.8, 4) is 0 Å². The maximum absolute atomic E-state index is 11.3. The molecule has 8 heteroatoms. The number of hydrogen-bond donors (Lipinski definition) is 3. The molecule has 0 radical (unpaired) electrons. The van der Waals surface area contributed by atoms with Crippen LogP contribution in [0.1, 0.15) is 12.5 Å². The van der Waals surface area contributed by atoms with Crippen LogP contribution in [-0.4, -0.2) is 26.9 Å². The van der Waals surface area contributed by atoms with Gasteiger partial charge in [0, 0.05) is 23.5 Å². The van der Waals surface area contributed by atoms with Gasteiger partial charge in [0.1, 0.15) is 6.04 Å². The van der Waals surface area contributed by atoms with Crippen molar-refractivity contribution in [3.63, 3.8) is 0 Å². The summed E-state index contributed by atoms with van der Waals surface area (Å²) in [5, 5.41) is 9.25. The van der Waals surface area contributed by atoms with E-state index in [0.717, 1.165) is 11.3 Å². The number of rotatable bonds is 5. The van der Waals surface area contributed by atoms with Gasteiger partial charge in [0.05, 0.1) is 0 Å². The standard InChI is InChI=1S/C16H17NO2.ClH2O3P/c1-13(16(18)19)17(15-10-6-3-7-11-15)12-14-8-4-2-5-9-14;1-5(2,3)4/h2-11,13H,12H2,1H3,(H,18,19);(H2,2,3,4)/t13-;/m0./s1. The molecule has 0 saturated carbocycles. The molecule has 2 aromatic carbocycles. The molecule has 0 fully saturated rings. The molecular weight excluding hydrogens is 353 g/mol. The maximum atomic E-state index is 11.3. The van der Waals surface area contributed by atoms with Crippen LogP contribution < -0.4 is 4.90 Å². The second-order valence-electron chi connectivity index (χ2n) is 4.94. The van der Waals surface area contributed by atoms with Crippen LogP contribution in [0, 0.1) is 0 Å². The highest BCUT2D eigenvalue weighted by Gasteiger charge is 2.20. The molecule has 2 aromatic rings. The minimum atomic E-state index is -4.17. The number of para-hydroxylation sites is 1. The molecule has 3 N–H and O–H groups in total. The lowest BCUT2D eigenvalue weighted by Gasteiger charge is -2.28. The zero-order valence-corrected chi connectivity index (χ0v) is 14.6. The molecule has 0 amide bonds. The third-order valence-corrected chi connectivity index (χ3v) is 3.11. The van der Waals surface area contributed by atoms with Gasteiger partial charge in [0.15, 0.2) is 0 Å². The number of carboxylic acids is 1. The molecule has 0 saturated heterocycles. The number of halogens is 1. The maximum Gasteiger partial charge on any atom is 0.419 e. The molecule has 1 atom stereocenters. The zero-order chi connectivity index (χ0) is 18.2. The van der Waals surface area contributed by atoms with Gasteiger partial charge in [-0.2, -0.15) is 0 Å². The smallest absolute Gasteiger partial charge is 0.419 e. The molecule has 0 aromatic heterocycles. The van der Waals surface area contributed by atoms with Crippen LogP contribution >= 0.6 is 18.2 Å². The summed E-state index contributed by atoms with van der Waals surface area (Å²) < 4.78 is 9.09. The molecule has 130 valence electrons. The first-order valence-corrected chi connectivity index (χ1v) is 9.54. The van der Waals surface area contributed by atoms with Crippen molar-refractivity contribution < 1.29 is 24.3 Å². The summed E-state index contributed by atoms with van der Waals surface area (Å²) in [4.78, 5) is 27.9. The molecule has 0 unspecified atom stereocenters. The van der Waals surface area contributed by atoms with Gasteiger partial charge in [-0.15, -0.1) is 0 Å². The molecule has 0 bridgehead atoms. The summed E-state index contributed by atoms with van der Waals surface area (Å²) in [6.45, 7) is -1.88. The molecule has 6 nitrogen and oxygen atoms in total. The minimum Gasteiger partial charge on any atom is -0.480 e. The number of hydrogen-bond acceptors (Lipinski definition) is 3. The van der Waals surface area contributed by atoms with Gasteiger partial charge in [-0.3, -0.25) is 0 Å². The van der Waals surface area contributed by atoms with E-state index in [1.807, 2.05) is 65.6 Å². The van der Waals surface area contributed by atoms with Gasteiger partial charge < -0.3 is 19.8 Å². The summed E-state index contributed by atoms with van der Waals surface area (Å²) in [5.74, 6) is -0.820. The molecule has 24 heavy (non-hydrogen) atoms. The SMILES string of the molecule is C[C@@H](C(=O)O)N(Cc1ccccc1)c1ccccc1.O=P(O)(O)Cl. The molecule has 0 aliphatic rings. The molecule has 0 aliphatic heterocycles. The number of benzene rings is 2. The van der Waals surface area contributed by atoms with Crippen LogP contribution in [0.3, 0.4) is 0 Å². The van der Waals surface area contributed by atoms with Crippen molar-refractivity contribution in [1.29, 1.82) is 0 Å². The summed E-state index contributed by atoms with van der Waals surface area (Å²) in [5.41, 5.74) is 2.01. The molecule has 0 heterocycles. The van der Waals surface area contributed by atoms with Crippen molar-refractivity contribution >= 4 is 29.8 Å². The van der Waals surface area contributed by atoms with Crippen LogP contribution in [0.15, 0.2) is 60.7 Å². The van der Waals surface area contributed by atoms with Gasteiger partial charge >= 0.3 is 12.9 Å².